The van der Waals surface area contributed by atoms with Crippen molar-refractivity contribution < 1.29 is 18.8 Å². The number of esters is 1. The van der Waals surface area contributed by atoms with Gasteiger partial charge in [-0.25, -0.2) is 0 Å². The second kappa shape index (κ2) is 11.6. The van der Waals surface area contributed by atoms with Gasteiger partial charge >= 0.3 is 5.97 Å². The number of ether oxygens (including phenoxy) is 1. The molecule has 0 amide bonds. The third kappa shape index (κ3) is 7.03. The van der Waals surface area contributed by atoms with Crippen LogP contribution in [-0.2, 0) is 14.0 Å². The molecule has 1 aliphatic carbocycles. The molecule has 4 atom stereocenters. The van der Waals surface area contributed by atoms with E-state index in [2.05, 4.69) is 58.2 Å². The SMILES string of the molecule is COC(=O)CCC/C=C\CC1[C@H](Cl)C[C@@H](O[Si](C)(C)C(C)(C)C)[C@@H]1c1ccc(C=O)cc1. The summed E-state index contributed by atoms with van der Waals surface area (Å²) in [5.41, 5.74) is 1.87. The Morgan fingerprint density at radius 2 is 1.84 bits per heavy atom. The number of rotatable bonds is 10. The van der Waals surface area contributed by atoms with Crippen LogP contribution in [0.4, 0.5) is 0 Å². The van der Waals surface area contributed by atoms with Crippen molar-refractivity contribution in [3.05, 3.63) is 47.5 Å². The largest absolute Gasteiger partial charge is 0.469 e. The Balaban J connectivity index is 2.18. The van der Waals surface area contributed by atoms with Crippen LogP contribution in [0.3, 0.4) is 0 Å². The minimum Gasteiger partial charge on any atom is -0.469 e. The predicted molar refractivity (Wildman–Crippen MR) is 134 cm³/mol. The number of carbonyl (C=O) groups excluding carboxylic acids is 2. The first kappa shape index (κ1) is 26.8. The van der Waals surface area contributed by atoms with E-state index in [-0.39, 0.29) is 34.3 Å². The van der Waals surface area contributed by atoms with Crippen molar-refractivity contribution in [3.8, 4) is 0 Å². The summed E-state index contributed by atoms with van der Waals surface area (Å²) >= 11 is 6.90. The Labute approximate surface area is 199 Å². The van der Waals surface area contributed by atoms with Crippen molar-refractivity contribution in [1.82, 2.24) is 0 Å². The van der Waals surface area contributed by atoms with Crippen molar-refractivity contribution >= 4 is 32.2 Å². The molecule has 1 aromatic carbocycles. The zero-order valence-corrected chi connectivity index (χ0v) is 22.2. The average Bonchev–Trinajstić information content (AvgIpc) is 3.03. The fraction of sp³-hybridized carbons (Fsp3) is 0.615. The number of hydrogen-bond donors (Lipinski definition) is 0. The Hall–Kier alpha value is -1.43. The van der Waals surface area contributed by atoms with E-state index in [4.69, 9.17) is 20.8 Å². The molecule has 1 fully saturated rings. The highest BCUT2D eigenvalue weighted by atomic mass is 35.5. The van der Waals surface area contributed by atoms with E-state index in [9.17, 15) is 9.59 Å². The van der Waals surface area contributed by atoms with Gasteiger partial charge in [0, 0.05) is 23.3 Å². The Morgan fingerprint density at radius 1 is 1.19 bits per heavy atom. The number of halogens is 1. The average molecular weight is 479 g/mol. The molecule has 178 valence electrons. The number of benzene rings is 1. The lowest BCUT2D eigenvalue weighted by Crippen LogP contribution is -2.44. The Kier molecular flexibility index (Phi) is 9.74. The summed E-state index contributed by atoms with van der Waals surface area (Å²) in [5.74, 6) is 0.275. The first-order chi connectivity index (χ1) is 15.0. The first-order valence-corrected chi connectivity index (χ1v) is 14.9. The van der Waals surface area contributed by atoms with Crippen LogP contribution in [0.2, 0.25) is 18.1 Å². The van der Waals surface area contributed by atoms with Crippen LogP contribution in [-0.4, -0.2) is 39.2 Å². The lowest BCUT2D eigenvalue weighted by Gasteiger charge is -2.40. The normalized spacial score (nSPS) is 24.1. The van der Waals surface area contributed by atoms with E-state index in [0.717, 1.165) is 32.0 Å². The van der Waals surface area contributed by atoms with Crippen molar-refractivity contribution in [3.63, 3.8) is 0 Å². The number of aldehydes is 1. The van der Waals surface area contributed by atoms with Crippen molar-refractivity contribution in [2.45, 2.75) is 88.4 Å². The van der Waals surface area contributed by atoms with Crippen LogP contribution in [0, 0.1) is 5.92 Å². The molecule has 4 nitrogen and oxygen atoms in total. The van der Waals surface area contributed by atoms with Gasteiger partial charge in [-0.3, -0.25) is 9.59 Å². The molecule has 0 heterocycles. The highest BCUT2D eigenvalue weighted by molar-refractivity contribution is 6.74. The van der Waals surface area contributed by atoms with Gasteiger partial charge in [0.1, 0.15) is 6.29 Å². The maximum absolute atomic E-state index is 11.3. The molecular weight excluding hydrogens is 440 g/mol. The third-order valence-corrected chi connectivity index (χ3v) is 12.1. The fourth-order valence-electron chi connectivity index (χ4n) is 4.11. The Bertz CT molecular complexity index is 782. The zero-order chi connectivity index (χ0) is 23.9. The van der Waals surface area contributed by atoms with E-state index in [0.29, 0.717) is 12.0 Å². The maximum atomic E-state index is 11.3. The summed E-state index contributed by atoms with van der Waals surface area (Å²) < 4.78 is 11.6. The van der Waals surface area contributed by atoms with Crippen LogP contribution in [0.15, 0.2) is 36.4 Å². The third-order valence-electron chi connectivity index (χ3n) is 7.05. The molecule has 32 heavy (non-hydrogen) atoms. The van der Waals surface area contributed by atoms with E-state index >= 15 is 0 Å². The number of alkyl halides is 1. The lowest BCUT2D eigenvalue weighted by molar-refractivity contribution is -0.140. The molecule has 6 heteroatoms. The number of hydrogen-bond acceptors (Lipinski definition) is 4. The van der Waals surface area contributed by atoms with Gasteiger partial charge in [0.25, 0.3) is 0 Å². The van der Waals surface area contributed by atoms with E-state index in [1.807, 2.05) is 12.1 Å². The van der Waals surface area contributed by atoms with Gasteiger partial charge in [-0.05, 0) is 55.3 Å². The second-order valence-corrected chi connectivity index (χ2v) is 15.6. The maximum Gasteiger partial charge on any atom is 0.305 e. The zero-order valence-electron chi connectivity index (χ0n) is 20.4. The van der Waals surface area contributed by atoms with Crippen molar-refractivity contribution in [2.24, 2.45) is 5.92 Å². The summed E-state index contributed by atoms with van der Waals surface area (Å²) in [6.07, 6.45) is 9.04. The molecule has 0 spiro atoms. The molecule has 2 rings (SSSR count). The molecule has 0 bridgehead atoms. The first-order valence-electron chi connectivity index (χ1n) is 11.6. The van der Waals surface area contributed by atoms with E-state index in [1.165, 1.54) is 12.7 Å². The quantitative estimate of drug-likeness (QED) is 0.0916. The molecular formula is C26H39ClO4Si. The van der Waals surface area contributed by atoms with Crippen LogP contribution >= 0.6 is 11.6 Å². The van der Waals surface area contributed by atoms with Gasteiger partial charge < -0.3 is 9.16 Å². The summed E-state index contributed by atoms with van der Waals surface area (Å²) in [5, 5.41) is 0.151. The number of methoxy groups -OCH3 is 1. The van der Waals surface area contributed by atoms with Crippen molar-refractivity contribution in [1.29, 1.82) is 0 Å². The summed E-state index contributed by atoms with van der Waals surface area (Å²) in [6, 6.07) is 7.87. The van der Waals surface area contributed by atoms with Crippen LogP contribution in [0.5, 0.6) is 0 Å². The predicted octanol–water partition coefficient (Wildman–Crippen LogP) is 6.89. The number of unbranched alkanes of at least 4 members (excludes halogenated alkanes) is 1. The molecule has 1 aromatic rings. The Morgan fingerprint density at radius 3 is 2.41 bits per heavy atom. The van der Waals surface area contributed by atoms with Gasteiger partial charge in [-0.2, -0.15) is 0 Å². The van der Waals surface area contributed by atoms with Gasteiger partial charge in [0.2, 0.25) is 0 Å². The van der Waals surface area contributed by atoms with E-state index < -0.39 is 8.32 Å². The molecule has 1 unspecified atom stereocenters. The van der Waals surface area contributed by atoms with Gasteiger partial charge in [0.05, 0.1) is 13.2 Å². The van der Waals surface area contributed by atoms with E-state index in [1.54, 1.807) is 0 Å². The highest BCUT2D eigenvalue weighted by Gasteiger charge is 2.48. The van der Waals surface area contributed by atoms with Gasteiger partial charge in [-0.1, -0.05) is 57.2 Å². The minimum atomic E-state index is -1.96. The summed E-state index contributed by atoms with van der Waals surface area (Å²) in [6.45, 7) is 11.4. The molecule has 1 saturated carbocycles. The standard InChI is InChI=1S/C26H39ClO4Si/c1-26(2,3)32(5,6)31-23-17-22(27)21(11-9-7-8-10-12-24(29)30-4)25(23)20-15-13-19(18-28)14-16-20/h7,9,13-16,18,21-23,25H,8,10-12,17H2,1-6H3/b9-7-/t21?,22-,23-,25-/m1/s1. The topological polar surface area (TPSA) is 52.6 Å². The minimum absolute atomic E-state index is 0.0280. The molecule has 0 radical (unpaired) electrons. The molecule has 0 saturated heterocycles. The number of allylic oxidation sites excluding steroid dienone is 2. The van der Waals surface area contributed by atoms with Crippen LogP contribution < -0.4 is 0 Å². The molecule has 0 N–H and O–H groups in total. The lowest BCUT2D eigenvalue weighted by atomic mass is 9.85. The molecule has 1 aliphatic rings. The van der Waals surface area contributed by atoms with Crippen molar-refractivity contribution in [2.75, 3.05) is 7.11 Å². The second-order valence-electron chi connectivity index (χ2n) is 10.3. The van der Waals surface area contributed by atoms with Gasteiger partial charge in [0.15, 0.2) is 8.32 Å². The monoisotopic (exact) mass is 478 g/mol. The fourth-order valence-corrected chi connectivity index (χ4v) is 5.90. The smallest absolute Gasteiger partial charge is 0.305 e. The number of carbonyl (C=O) groups is 2. The molecule has 0 aliphatic heterocycles. The van der Waals surface area contributed by atoms with Crippen LogP contribution in [0.1, 0.15) is 74.7 Å². The van der Waals surface area contributed by atoms with Crippen LogP contribution in [0.25, 0.3) is 0 Å². The summed E-state index contributed by atoms with van der Waals surface area (Å²) in [4.78, 5) is 22.4. The van der Waals surface area contributed by atoms with Gasteiger partial charge in [-0.15, -0.1) is 11.6 Å². The summed E-state index contributed by atoms with van der Waals surface area (Å²) in [7, 11) is -0.542. The molecule has 0 aromatic heterocycles. The highest BCUT2D eigenvalue weighted by Crippen LogP contribution is 2.49.